The molecule has 0 radical (unpaired) electrons. The van der Waals surface area contributed by atoms with Gasteiger partial charge in [0, 0.05) is 17.9 Å². The molecule has 5 nitrogen and oxygen atoms in total. The molecule has 1 N–H and O–H groups in total. The van der Waals surface area contributed by atoms with Crippen molar-refractivity contribution in [1.82, 2.24) is 4.98 Å². The first-order valence-corrected chi connectivity index (χ1v) is 6.42. The number of ketones is 1. The van der Waals surface area contributed by atoms with E-state index < -0.39 is 5.97 Å². The summed E-state index contributed by atoms with van der Waals surface area (Å²) in [6.45, 7) is 5.82. The Hall–Kier alpha value is -1.62. The molecule has 0 saturated heterocycles. The lowest BCUT2D eigenvalue weighted by Gasteiger charge is -2.13. The lowest BCUT2D eigenvalue weighted by atomic mass is 10.1. The molecule has 6 heteroatoms. The van der Waals surface area contributed by atoms with Gasteiger partial charge in [-0.15, -0.1) is 0 Å². The Morgan fingerprint density at radius 2 is 2.16 bits per heavy atom. The highest BCUT2D eigenvalue weighted by Crippen LogP contribution is 2.21. The molecule has 1 rings (SSSR count). The molecule has 0 spiro atoms. The number of Topliss-reactive ketones (excluding diaryl/α,β-unsaturated/α-hetero) is 1. The molecule has 0 bridgehead atoms. The summed E-state index contributed by atoms with van der Waals surface area (Å²) in [6, 6.07) is 1.70. The Morgan fingerprint density at radius 1 is 1.47 bits per heavy atom. The van der Waals surface area contributed by atoms with Crippen LogP contribution < -0.4 is 5.32 Å². The van der Waals surface area contributed by atoms with Gasteiger partial charge in [-0.25, -0.2) is 4.98 Å². The topological polar surface area (TPSA) is 68.3 Å². The van der Waals surface area contributed by atoms with Crippen molar-refractivity contribution in [3.05, 3.63) is 23.0 Å². The van der Waals surface area contributed by atoms with Crippen molar-refractivity contribution in [2.75, 3.05) is 11.9 Å². The molecule has 0 unspecified atom stereocenters. The van der Waals surface area contributed by atoms with Crippen LogP contribution in [0.1, 0.15) is 37.6 Å². The number of hydrogen-bond donors (Lipinski definition) is 1. The molecule has 0 aliphatic rings. The maximum Gasteiger partial charge on any atom is 0.313 e. The van der Waals surface area contributed by atoms with Gasteiger partial charge in [-0.2, -0.15) is 0 Å². The van der Waals surface area contributed by atoms with Gasteiger partial charge in [0.15, 0.2) is 5.78 Å². The predicted octanol–water partition coefficient (Wildman–Crippen LogP) is 2.69. The zero-order chi connectivity index (χ0) is 14.4. The van der Waals surface area contributed by atoms with E-state index in [2.05, 4.69) is 10.3 Å². The molecule has 0 aliphatic carbocycles. The second-order valence-electron chi connectivity index (χ2n) is 4.26. The van der Waals surface area contributed by atoms with Crippen LogP contribution >= 0.6 is 11.6 Å². The van der Waals surface area contributed by atoms with Crippen molar-refractivity contribution in [3.63, 3.8) is 0 Å². The first-order chi connectivity index (χ1) is 8.93. The van der Waals surface area contributed by atoms with Crippen LogP contribution in [0, 0.1) is 0 Å². The summed E-state index contributed by atoms with van der Waals surface area (Å²) in [5.74, 6) is -0.885. The summed E-state index contributed by atoms with van der Waals surface area (Å²) in [7, 11) is 0. The second-order valence-corrected chi connectivity index (χ2v) is 4.64. The van der Waals surface area contributed by atoms with Crippen LogP contribution in [-0.4, -0.2) is 29.4 Å². The molecule has 1 aromatic rings. The Kier molecular flexibility index (Phi) is 5.76. The van der Waals surface area contributed by atoms with Gasteiger partial charge in [-0.05, 0) is 26.8 Å². The van der Waals surface area contributed by atoms with Crippen molar-refractivity contribution in [1.29, 1.82) is 0 Å². The van der Waals surface area contributed by atoms with Gasteiger partial charge in [-0.3, -0.25) is 9.59 Å². The molecule has 0 aromatic carbocycles. The molecule has 0 saturated carbocycles. The molecule has 1 aromatic heterocycles. The molecule has 0 fully saturated rings. The van der Waals surface area contributed by atoms with Crippen molar-refractivity contribution in [2.45, 2.75) is 33.2 Å². The number of anilines is 1. The predicted molar refractivity (Wildman–Crippen MR) is 73.6 cm³/mol. The van der Waals surface area contributed by atoms with Gasteiger partial charge in [0.25, 0.3) is 0 Å². The van der Waals surface area contributed by atoms with Gasteiger partial charge < -0.3 is 10.1 Å². The Balaban J connectivity index is 2.92. The third kappa shape index (κ3) is 4.87. The Morgan fingerprint density at radius 3 is 2.74 bits per heavy atom. The van der Waals surface area contributed by atoms with Gasteiger partial charge >= 0.3 is 5.97 Å². The number of hydrogen-bond acceptors (Lipinski definition) is 5. The number of nitrogens with one attached hydrogen (secondary N) is 1. The number of aromatic nitrogens is 1. The molecule has 19 heavy (non-hydrogen) atoms. The second kappa shape index (κ2) is 7.09. The summed E-state index contributed by atoms with van der Waals surface area (Å²) in [5.41, 5.74) is 0.912. The van der Waals surface area contributed by atoms with Crippen LogP contribution in [0.2, 0.25) is 5.15 Å². The van der Waals surface area contributed by atoms with Crippen molar-refractivity contribution >= 4 is 29.0 Å². The number of pyridine rings is 1. The standard InChI is InChI=1S/C13H17ClN2O3/c1-4-19-13(18)6-11(17)9-7-15-12(14)5-10(9)16-8(2)3/h5,7-8H,4,6H2,1-3H3,(H,15,16). The first-order valence-electron chi connectivity index (χ1n) is 6.05. The zero-order valence-corrected chi connectivity index (χ0v) is 12.0. The third-order valence-electron chi connectivity index (χ3n) is 2.23. The van der Waals surface area contributed by atoms with Gasteiger partial charge in [0.1, 0.15) is 11.6 Å². The van der Waals surface area contributed by atoms with Gasteiger partial charge in [-0.1, -0.05) is 11.6 Å². The van der Waals surface area contributed by atoms with E-state index >= 15 is 0 Å². The minimum atomic E-state index is -0.544. The van der Waals surface area contributed by atoms with E-state index in [-0.39, 0.29) is 30.0 Å². The number of esters is 1. The number of rotatable bonds is 6. The number of carbonyl (C=O) groups excluding carboxylic acids is 2. The SMILES string of the molecule is CCOC(=O)CC(=O)c1cnc(Cl)cc1NC(C)C. The maximum atomic E-state index is 12.0. The minimum absolute atomic E-state index is 0.132. The van der Waals surface area contributed by atoms with E-state index in [1.54, 1.807) is 13.0 Å². The van der Waals surface area contributed by atoms with Crippen LogP contribution in [0.4, 0.5) is 5.69 Å². The molecule has 0 aliphatic heterocycles. The largest absolute Gasteiger partial charge is 0.466 e. The molecular weight excluding hydrogens is 268 g/mol. The van der Waals surface area contributed by atoms with Crippen LogP contribution in [0.25, 0.3) is 0 Å². The maximum absolute atomic E-state index is 12.0. The average molecular weight is 285 g/mol. The average Bonchev–Trinajstić information content (AvgIpc) is 2.28. The van der Waals surface area contributed by atoms with E-state index in [1.807, 2.05) is 13.8 Å². The Bertz CT molecular complexity index is 475. The fourth-order valence-corrected chi connectivity index (χ4v) is 1.68. The van der Waals surface area contributed by atoms with E-state index in [1.165, 1.54) is 6.20 Å². The lowest BCUT2D eigenvalue weighted by molar-refractivity contribution is -0.141. The van der Waals surface area contributed by atoms with E-state index in [0.717, 1.165) is 0 Å². The van der Waals surface area contributed by atoms with Crippen molar-refractivity contribution in [3.8, 4) is 0 Å². The number of halogens is 1. The molecule has 104 valence electrons. The minimum Gasteiger partial charge on any atom is -0.466 e. The van der Waals surface area contributed by atoms with Crippen molar-refractivity contribution in [2.24, 2.45) is 0 Å². The molecular formula is C13H17ClN2O3. The van der Waals surface area contributed by atoms with Crippen molar-refractivity contribution < 1.29 is 14.3 Å². The summed E-state index contributed by atoms with van der Waals surface area (Å²) in [4.78, 5) is 27.2. The lowest BCUT2D eigenvalue weighted by Crippen LogP contribution is -2.16. The molecule has 0 amide bonds. The monoisotopic (exact) mass is 284 g/mol. The molecule has 1 heterocycles. The quantitative estimate of drug-likeness (QED) is 0.376. The van der Waals surface area contributed by atoms with Crippen LogP contribution in [0.5, 0.6) is 0 Å². The zero-order valence-electron chi connectivity index (χ0n) is 11.2. The smallest absolute Gasteiger partial charge is 0.313 e. The highest BCUT2D eigenvalue weighted by molar-refractivity contribution is 6.29. The Labute approximate surface area is 117 Å². The third-order valence-corrected chi connectivity index (χ3v) is 2.43. The first kappa shape index (κ1) is 15.4. The highest BCUT2D eigenvalue weighted by Gasteiger charge is 2.17. The number of ether oxygens (including phenoxy) is 1. The van der Waals surface area contributed by atoms with E-state index in [0.29, 0.717) is 11.3 Å². The fourth-order valence-electron chi connectivity index (χ4n) is 1.52. The van der Waals surface area contributed by atoms with E-state index in [9.17, 15) is 9.59 Å². The summed E-state index contributed by atoms with van der Waals surface area (Å²) >= 11 is 5.81. The van der Waals surface area contributed by atoms with Gasteiger partial charge in [0.05, 0.1) is 12.2 Å². The van der Waals surface area contributed by atoms with Crippen LogP contribution in [0.15, 0.2) is 12.3 Å². The fraction of sp³-hybridized carbons (Fsp3) is 0.462. The normalized spacial score (nSPS) is 10.4. The summed E-state index contributed by atoms with van der Waals surface area (Å²) in [6.07, 6.45) is 1.07. The number of nitrogens with zero attached hydrogens (tertiary/aromatic N) is 1. The number of carbonyl (C=O) groups is 2. The summed E-state index contributed by atoms with van der Waals surface area (Å²) < 4.78 is 4.75. The molecule has 0 atom stereocenters. The van der Waals surface area contributed by atoms with Gasteiger partial charge in [0.2, 0.25) is 0 Å². The van der Waals surface area contributed by atoms with Crippen LogP contribution in [-0.2, 0) is 9.53 Å². The summed E-state index contributed by atoms with van der Waals surface area (Å²) in [5, 5.41) is 3.39. The highest BCUT2D eigenvalue weighted by atomic mass is 35.5. The van der Waals surface area contributed by atoms with Crippen LogP contribution in [0.3, 0.4) is 0 Å². The van der Waals surface area contributed by atoms with E-state index in [4.69, 9.17) is 16.3 Å².